The van der Waals surface area contributed by atoms with Crippen LogP contribution in [-0.2, 0) is 4.79 Å². The number of aromatic amines is 1. The summed E-state index contributed by atoms with van der Waals surface area (Å²) in [5.41, 5.74) is 0.791. The van der Waals surface area contributed by atoms with Crippen molar-refractivity contribution in [1.82, 2.24) is 14.8 Å². The van der Waals surface area contributed by atoms with E-state index in [1.165, 1.54) is 0 Å². The normalized spacial score (nSPS) is 29.2. The van der Waals surface area contributed by atoms with Crippen LogP contribution in [0.2, 0.25) is 0 Å². The average Bonchev–Trinajstić information content (AvgIpc) is 3.23. The minimum Gasteiger partial charge on any atom is -0.357 e. The molecule has 4 rings (SSSR count). The number of rotatable bonds is 2. The van der Waals surface area contributed by atoms with Gasteiger partial charge in [-0.2, -0.15) is 0 Å². The largest absolute Gasteiger partial charge is 0.357 e. The average molecular weight is 301 g/mol. The van der Waals surface area contributed by atoms with Crippen molar-refractivity contribution in [2.24, 2.45) is 5.41 Å². The monoisotopic (exact) mass is 301 g/mol. The molecule has 3 aliphatic rings. The first-order valence-electron chi connectivity index (χ1n) is 8.39. The highest BCUT2D eigenvalue weighted by Crippen LogP contribution is 2.42. The van der Waals surface area contributed by atoms with Gasteiger partial charge in [-0.1, -0.05) is 0 Å². The first-order valence-corrected chi connectivity index (χ1v) is 8.39. The first kappa shape index (κ1) is 13.9. The van der Waals surface area contributed by atoms with Crippen LogP contribution >= 0.6 is 0 Å². The Morgan fingerprint density at radius 1 is 1.27 bits per heavy atom. The van der Waals surface area contributed by atoms with Gasteiger partial charge in [0.05, 0.1) is 0 Å². The lowest BCUT2D eigenvalue weighted by molar-refractivity contribution is -0.139. The fourth-order valence-corrected chi connectivity index (χ4v) is 4.11. The lowest BCUT2D eigenvalue weighted by atomic mass is 9.73. The zero-order chi connectivity index (χ0) is 15.2. The van der Waals surface area contributed by atoms with E-state index in [0.717, 1.165) is 51.7 Å². The predicted molar refractivity (Wildman–Crippen MR) is 82.3 cm³/mol. The molecule has 2 saturated heterocycles. The molecule has 0 radical (unpaired) electrons. The Labute approximate surface area is 130 Å². The Kier molecular flexibility index (Phi) is 3.24. The van der Waals surface area contributed by atoms with Crippen LogP contribution in [0.1, 0.15) is 49.0 Å². The van der Waals surface area contributed by atoms with E-state index in [4.69, 9.17) is 0 Å². The van der Waals surface area contributed by atoms with E-state index in [-0.39, 0.29) is 11.3 Å². The second-order valence-corrected chi connectivity index (χ2v) is 7.17. The zero-order valence-corrected chi connectivity index (χ0v) is 12.9. The van der Waals surface area contributed by atoms with Crippen LogP contribution in [0.4, 0.5) is 0 Å². The molecule has 1 aromatic rings. The number of nitrogens with zero attached hydrogens (tertiary/aromatic N) is 2. The SMILES string of the molecule is O=C(c1ccc[nH]1)N1CCC[C@]2(CCC(=O)N(C3CC3)C2)C1. The zero-order valence-electron chi connectivity index (χ0n) is 12.9. The van der Waals surface area contributed by atoms with Crippen LogP contribution in [0.15, 0.2) is 18.3 Å². The molecule has 1 atom stereocenters. The maximum Gasteiger partial charge on any atom is 0.270 e. The topological polar surface area (TPSA) is 56.4 Å². The third-order valence-corrected chi connectivity index (χ3v) is 5.46. The number of likely N-dealkylation sites (tertiary alicyclic amines) is 2. The lowest BCUT2D eigenvalue weighted by Crippen LogP contribution is -2.55. The fraction of sp³-hybridized carbons (Fsp3) is 0.647. The molecule has 22 heavy (non-hydrogen) atoms. The highest BCUT2D eigenvalue weighted by Gasteiger charge is 2.46. The summed E-state index contributed by atoms with van der Waals surface area (Å²) < 4.78 is 0. The molecule has 5 nitrogen and oxygen atoms in total. The van der Waals surface area contributed by atoms with Crippen LogP contribution in [0, 0.1) is 5.41 Å². The fourth-order valence-electron chi connectivity index (χ4n) is 4.11. The van der Waals surface area contributed by atoms with Crippen molar-refractivity contribution in [3.05, 3.63) is 24.0 Å². The molecule has 1 aromatic heterocycles. The maximum atomic E-state index is 12.6. The molecule has 118 valence electrons. The summed E-state index contributed by atoms with van der Waals surface area (Å²) in [6.45, 7) is 2.48. The van der Waals surface area contributed by atoms with Gasteiger partial charge in [0.1, 0.15) is 5.69 Å². The summed E-state index contributed by atoms with van der Waals surface area (Å²) in [5.74, 6) is 0.417. The number of amides is 2. The number of carbonyl (C=O) groups excluding carboxylic acids is 2. The van der Waals surface area contributed by atoms with Gasteiger partial charge in [0.2, 0.25) is 5.91 Å². The highest BCUT2D eigenvalue weighted by molar-refractivity contribution is 5.92. The number of piperidine rings is 2. The van der Waals surface area contributed by atoms with Gasteiger partial charge >= 0.3 is 0 Å². The third kappa shape index (κ3) is 2.42. The molecule has 1 saturated carbocycles. The van der Waals surface area contributed by atoms with Crippen molar-refractivity contribution in [3.63, 3.8) is 0 Å². The molecule has 1 N–H and O–H groups in total. The van der Waals surface area contributed by atoms with E-state index in [1.807, 2.05) is 17.0 Å². The van der Waals surface area contributed by atoms with E-state index in [9.17, 15) is 9.59 Å². The Hall–Kier alpha value is -1.78. The first-order chi connectivity index (χ1) is 10.7. The summed E-state index contributed by atoms with van der Waals surface area (Å²) in [6.07, 6.45) is 7.88. The number of aromatic nitrogens is 1. The van der Waals surface area contributed by atoms with Crippen LogP contribution < -0.4 is 0 Å². The Balaban J connectivity index is 1.50. The molecular formula is C17H23N3O2. The maximum absolute atomic E-state index is 12.6. The van der Waals surface area contributed by atoms with E-state index >= 15 is 0 Å². The van der Waals surface area contributed by atoms with Crippen LogP contribution in [-0.4, -0.2) is 52.3 Å². The van der Waals surface area contributed by atoms with Gasteiger partial charge in [0, 0.05) is 43.7 Å². The van der Waals surface area contributed by atoms with Crippen molar-refractivity contribution in [1.29, 1.82) is 0 Å². The quantitative estimate of drug-likeness (QED) is 0.908. The Morgan fingerprint density at radius 2 is 2.14 bits per heavy atom. The number of carbonyl (C=O) groups is 2. The highest BCUT2D eigenvalue weighted by atomic mass is 16.2. The molecule has 3 heterocycles. The van der Waals surface area contributed by atoms with Gasteiger partial charge in [-0.05, 0) is 44.2 Å². The molecule has 1 spiro atoms. The summed E-state index contributed by atoms with van der Waals surface area (Å²) in [5, 5.41) is 0. The summed E-state index contributed by atoms with van der Waals surface area (Å²) in [4.78, 5) is 31.8. The molecule has 0 aromatic carbocycles. The second kappa shape index (κ2) is 5.14. The van der Waals surface area contributed by atoms with Gasteiger partial charge in [0.25, 0.3) is 5.91 Å². The summed E-state index contributed by atoms with van der Waals surface area (Å²) in [6, 6.07) is 4.19. The standard InChI is InChI=1S/C17H23N3O2/c21-15-6-8-17(12-20(15)13-4-5-13)7-2-10-19(11-17)16(22)14-3-1-9-18-14/h1,3,9,13,18H,2,4-8,10-12H2/t17-/m0/s1. The number of hydrogen-bond acceptors (Lipinski definition) is 2. The van der Waals surface area contributed by atoms with Gasteiger partial charge < -0.3 is 14.8 Å². The Bertz CT molecular complexity index is 579. The van der Waals surface area contributed by atoms with Crippen LogP contribution in [0.3, 0.4) is 0 Å². The molecule has 3 fully saturated rings. The van der Waals surface area contributed by atoms with Gasteiger partial charge in [-0.15, -0.1) is 0 Å². The molecule has 2 aliphatic heterocycles. The molecule has 0 bridgehead atoms. The molecular weight excluding hydrogens is 278 g/mol. The van der Waals surface area contributed by atoms with Crippen molar-refractivity contribution in [2.45, 2.75) is 44.6 Å². The van der Waals surface area contributed by atoms with Crippen molar-refractivity contribution in [2.75, 3.05) is 19.6 Å². The number of hydrogen-bond donors (Lipinski definition) is 1. The van der Waals surface area contributed by atoms with Crippen molar-refractivity contribution < 1.29 is 9.59 Å². The van der Waals surface area contributed by atoms with Crippen LogP contribution in [0.5, 0.6) is 0 Å². The minimum absolute atomic E-state index is 0.0962. The van der Waals surface area contributed by atoms with Gasteiger partial charge in [-0.3, -0.25) is 9.59 Å². The molecule has 2 amide bonds. The van der Waals surface area contributed by atoms with Gasteiger partial charge in [-0.25, -0.2) is 0 Å². The van der Waals surface area contributed by atoms with E-state index in [2.05, 4.69) is 9.88 Å². The minimum atomic E-state index is 0.0962. The van der Waals surface area contributed by atoms with E-state index in [1.54, 1.807) is 6.20 Å². The predicted octanol–water partition coefficient (Wildman–Crippen LogP) is 2.02. The van der Waals surface area contributed by atoms with Crippen LogP contribution in [0.25, 0.3) is 0 Å². The lowest BCUT2D eigenvalue weighted by Gasteiger charge is -2.48. The Morgan fingerprint density at radius 3 is 2.86 bits per heavy atom. The number of H-pyrrole nitrogens is 1. The van der Waals surface area contributed by atoms with Crippen molar-refractivity contribution >= 4 is 11.8 Å². The smallest absolute Gasteiger partial charge is 0.270 e. The number of nitrogens with one attached hydrogen (secondary N) is 1. The second-order valence-electron chi connectivity index (χ2n) is 7.17. The van der Waals surface area contributed by atoms with E-state index in [0.29, 0.717) is 24.1 Å². The molecule has 5 heteroatoms. The van der Waals surface area contributed by atoms with E-state index < -0.39 is 0 Å². The summed E-state index contributed by atoms with van der Waals surface area (Å²) >= 11 is 0. The van der Waals surface area contributed by atoms with Gasteiger partial charge in [0.15, 0.2) is 0 Å². The molecule has 1 aliphatic carbocycles. The molecule has 0 unspecified atom stereocenters. The summed E-state index contributed by atoms with van der Waals surface area (Å²) in [7, 11) is 0. The van der Waals surface area contributed by atoms with Crippen molar-refractivity contribution in [3.8, 4) is 0 Å². The third-order valence-electron chi connectivity index (χ3n) is 5.46.